The van der Waals surface area contributed by atoms with E-state index in [2.05, 4.69) is 15.3 Å². The molecule has 1 aliphatic carbocycles. The van der Waals surface area contributed by atoms with E-state index < -0.39 is 0 Å². The van der Waals surface area contributed by atoms with Crippen LogP contribution in [0.15, 0.2) is 18.3 Å². The van der Waals surface area contributed by atoms with Gasteiger partial charge in [-0.3, -0.25) is 9.36 Å². The summed E-state index contributed by atoms with van der Waals surface area (Å²) < 4.78 is 1.84. The van der Waals surface area contributed by atoms with E-state index in [0.29, 0.717) is 17.5 Å². The quantitative estimate of drug-likeness (QED) is 0.881. The van der Waals surface area contributed by atoms with Crippen LogP contribution in [0.4, 0.5) is 0 Å². The third-order valence-electron chi connectivity index (χ3n) is 3.52. The molecule has 0 aliphatic heterocycles. The fraction of sp³-hybridized carbons (Fsp3) is 0.500. The van der Waals surface area contributed by atoms with E-state index in [1.807, 2.05) is 30.5 Å². The molecule has 0 bridgehead atoms. The van der Waals surface area contributed by atoms with Crippen LogP contribution in [0.1, 0.15) is 43.9 Å². The molecule has 1 amide bonds. The molecule has 2 aromatic heterocycles. The maximum absolute atomic E-state index is 12.3. The number of fused-ring (bicyclic) bond motifs is 1. The lowest BCUT2D eigenvalue weighted by Gasteiger charge is -2.17. The monoisotopic (exact) mass is 292 g/mol. The predicted molar refractivity (Wildman–Crippen MR) is 77.7 cm³/mol. The third kappa shape index (κ3) is 2.38. The van der Waals surface area contributed by atoms with Crippen molar-refractivity contribution in [1.82, 2.24) is 19.9 Å². The topological polar surface area (TPSA) is 59.8 Å². The summed E-state index contributed by atoms with van der Waals surface area (Å²) in [5, 5.41) is 2.74. The smallest absolute Gasteiger partial charge is 0.243 e. The molecule has 1 N–H and O–H groups in total. The Labute approximate surface area is 122 Å². The fourth-order valence-electron chi connectivity index (χ4n) is 2.28. The zero-order valence-electron chi connectivity index (χ0n) is 11.5. The lowest BCUT2D eigenvalue weighted by molar-refractivity contribution is -0.124. The Bertz CT molecular complexity index is 648. The second-order valence-corrected chi connectivity index (χ2v) is 5.92. The van der Waals surface area contributed by atoms with Crippen LogP contribution >= 0.6 is 11.6 Å². The summed E-state index contributed by atoms with van der Waals surface area (Å²) in [5.74, 6) is 0.676. The van der Waals surface area contributed by atoms with E-state index in [1.165, 1.54) is 0 Å². The molecule has 0 radical (unpaired) electrons. The molecule has 2 unspecified atom stereocenters. The first kappa shape index (κ1) is 13.4. The Kier molecular flexibility index (Phi) is 3.38. The van der Waals surface area contributed by atoms with Crippen molar-refractivity contribution in [2.75, 3.05) is 0 Å². The highest BCUT2D eigenvalue weighted by Crippen LogP contribution is 2.27. The number of amides is 1. The molecule has 1 fully saturated rings. The lowest BCUT2D eigenvalue weighted by atomic mass is 10.2. The van der Waals surface area contributed by atoms with Crippen LogP contribution in [0.25, 0.3) is 11.2 Å². The molecule has 0 aromatic carbocycles. The highest BCUT2D eigenvalue weighted by molar-refractivity contribution is 6.20. The van der Waals surface area contributed by atoms with E-state index in [0.717, 1.165) is 18.4 Å². The molecule has 20 heavy (non-hydrogen) atoms. The van der Waals surface area contributed by atoms with E-state index in [9.17, 15) is 4.79 Å². The fourth-order valence-corrected chi connectivity index (χ4v) is 2.43. The van der Waals surface area contributed by atoms with E-state index in [-0.39, 0.29) is 17.3 Å². The minimum absolute atomic E-state index is 0.00369. The van der Waals surface area contributed by atoms with Crippen LogP contribution in [-0.2, 0) is 4.79 Å². The number of carbonyl (C=O) groups excluding carboxylic acids is 1. The van der Waals surface area contributed by atoms with Crippen molar-refractivity contribution < 1.29 is 4.79 Å². The van der Waals surface area contributed by atoms with Gasteiger partial charge in [-0.2, -0.15) is 0 Å². The Hall–Kier alpha value is -1.62. The van der Waals surface area contributed by atoms with Gasteiger partial charge in [0, 0.05) is 12.2 Å². The van der Waals surface area contributed by atoms with Gasteiger partial charge < -0.3 is 5.32 Å². The van der Waals surface area contributed by atoms with Gasteiger partial charge in [-0.1, -0.05) is 0 Å². The van der Waals surface area contributed by atoms with Crippen LogP contribution in [0.5, 0.6) is 0 Å². The molecular weight excluding hydrogens is 276 g/mol. The summed E-state index contributed by atoms with van der Waals surface area (Å²) in [6.45, 7) is 3.71. The number of pyridine rings is 1. The first-order valence-electron chi connectivity index (χ1n) is 6.85. The van der Waals surface area contributed by atoms with Crippen molar-refractivity contribution in [1.29, 1.82) is 0 Å². The van der Waals surface area contributed by atoms with Gasteiger partial charge in [0.1, 0.15) is 17.4 Å². The van der Waals surface area contributed by atoms with Crippen molar-refractivity contribution >= 4 is 28.7 Å². The summed E-state index contributed by atoms with van der Waals surface area (Å²) in [5.41, 5.74) is 1.47. The minimum Gasteiger partial charge on any atom is -0.352 e. The second kappa shape index (κ2) is 5.05. The van der Waals surface area contributed by atoms with Gasteiger partial charge in [0.2, 0.25) is 5.91 Å². The molecule has 0 spiro atoms. The molecule has 2 atom stereocenters. The normalized spacial score (nSPS) is 17.9. The molecule has 1 aliphatic rings. The standard InChI is InChI=1S/C14H17ClN4O/c1-8(15)12-18-11-4-3-7-16-13(11)19(12)9(2)14(20)17-10-5-6-10/h3-4,7-10H,5-6H2,1-2H3,(H,17,20). The number of imidazole rings is 1. The molecule has 2 aromatic rings. The van der Waals surface area contributed by atoms with Gasteiger partial charge in [-0.25, -0.2) is 9.97 Å². The molecule has 6 heteroatoms. The third-order valence-corrected chi connectivity index (χ3v) is 3.72. The second-order valence-electron chi connectivity index (χ2n) is 5.26. The maximum Gasteiger partial charge on any atom is 0.243 e. The summed E-state index contributed by atoms with van der Waals surface area (Å²) in [4.78, 5) is 21.1. The number of hydrogen-bond acceptors (Lipinski definition) is 3. The van der Waals surface area contributed by atoms with Gasteiger partial charge in [0.25, 0.3) is 0 Å². The summed E-state index contributed by atoms with van der Waals surface area (Å²) in [7, 11) is 0. The van der Waals surface area contributed by atoms with Gasteiger partial charge in [-0.05, 0) is 38.8 Å². The van der Waals surface area contributed by atoms with Gasteiger partial charge >= 0.3 is 0 Å². The summed E-state index contributed by atoms with van der Waals surface area (Å²) in [6, 6.07) is 3.68. The minimum atomic E-state index is -0.369. The average molecular weight is 293 g/mol. The predicted octanol–water partition coefficient (Wildman–Crippen LogP) is 2.57. The highest BCUT2D eigenvalue weighted by atomic mass is 35.5. The molecule has 2 heterocycles. The molecule has 1 saturated carbocycles. The zero-order valence-corrected chi connectivity index (χ0v) is 12.3. The highest BCUT2D eigenvalue weighted by Gasteiger charge is 2.29. The first-order valence-corrected chi connectivity index (χ1v) is 7.29. The van der Waals surface area contributed by atoms with E-state index in [1.54, 1.807) is 6.20 Å². The van der Waals surface area contributed by atoms with Crippen LogP contribution < -0.4 is 5.32 Å². The molecule has 106 valence electrons. The van der Waals surface area contributed by atoms with Crippen LogP contribution in [0, 0.1) is 0 Å². The summed E-state index contributed by atoms with van der Waals surface area (Å²) in [6.07, 6.45) is 3.84. The number of nitrogens with one attached hydrogen (secondary N) is 1. The van der Waals surface area contributed by atoms with Crippen molar-refractivity contribution in [2.24, 2.45) is 0 Å². The maximum atomic E-state index is 12.3. The largest absolute Gasteiger partial charge is 0.352 e. The number of aromatic nitrogens is 3. The number of rotatable bonds is 4. The number of hydrogen-bond donors (Lipinski definition) is 1. The van der Waals surface area contributed by atoms with E-state index >= 15 is 0 Å². The van der Waals surface area contributed by atoms with Gasteiger partial charge in [0.05, 0.1) is 5.38 Å². The average Bonchev–Trinajstić information content (AvgIpc) is 3.15. The lowest BCUT2D eigenvalue weighted by Crippen LogP contribution is -2.33. The van der Waals surface area contributed by atoms with Crippen molar-refractivity contribution in [3.63, 3.8) is 0 Å². The number of halogens is 1. The van der Waals surface area contributed by atoms with Gasteiger partial charge in [0.15, 0.2) is 5.65 Å². The van der Waals surface area contributed by atoms with Crippen molar-refractivity contribution in [3.05, 3.63) is 24.2 Å². The van der Waals surface area contributed by atoms with Crippen LogP contribution in [-0.4, -0.2) is 26.5 Å². The Morgan fingerprint density at radius 2 is 2.25 bits per heavy atom. The SMILES string of the molecule is CC(Cl)c1nc2cccnc2n1C(C)C(=O)NC1CC1. The number of carbonyl (C=O) groups is 1. The molecule has 5 nitrogen and oxygen atoms in total. The molecule has 3 rings (SSSR count). The van der Waals surface area contributed by atoms with Crippen molar-refractivity contribution in [3.8, 4) is 0 Å². The Morgan fingerprint density at radius 1 is 1.50 bits per heavy atom. The number of alkyl halides is 1. The molecular formula is C14H17ClN4O. The number of nitrogens with zero attached hydrogens (tertiary/aromatic N) is 3. The molecule has 0 saturated heterocycles. The van der Waals surface area contributed by atoms with Crippen molar-refractivity contribution in [2.45, 2.75) is 44.1 Å². The Balaban J connectivity index is 2.03. The zero-order chi connectivity index (χ0) is 14.3. The van der Waals surface area contributed by atoms with Gasteiger partial charge in [-0.15, -0.1) is 11.6 Å². The summed E-state index contributed by atoms with van der Waals surface area (Å²) >= 11 is 6.20. The van der Waals surface area contributed by atoms with E-state index in [4.69, 9.17) is 11.6 Å². The van der Waals surface area contributed by atoms with Crippen LogP contribution in [0.3, 0.4) is 0 Å². The Morgan fingerprint density at radius 3 is 2.90 bits per heavy atom. The first-order chi connectivity index (χ1) is 9.58. The van der Waals surface area contributed by atoms with Crippen LogP contribution in [0.2, 0.25) is 0 Å².